The smallest absolute Gasteiger partial charge is 0.258 e. The molecule has 0 aliphatic rings. The van der Waals surface area contributed by atoms with E-state index in [2.05, 4.69) is 5.32 Å². The van der Waals surface area contributed by atoms with Crippen LogP contribution in [0, 0.1) is 5.82 Å². The molecule has 2 aromatic rings. The van der Waals surface area contributed by atoms with Gasteiger partial charge >= 0.3 is 0 Å². The maximum absolute atomic E-state index is 13.5. The van der Waals surface area contributed by atoms with E-state index in [1.165, 1.54) is 23.5 Å². The van der Waals surface area contributed by atoms with Crippen molar-refractivity contribution in [3.8, 4) is 5.75 Å². The van der Waals surface area contributed by atoms with Crippen LogP contribution in [0.4, 0.5) is 4.39 Å². The summed E-state index contributed by atoms with van der Waals surface area (Å²) >= 11 is 1.52. The number of aromatic hydroxyl groups is 1. The molecule has 1 aromatic heterocycles. The first-order valence-corrected chi connectivity index (χ1v) is 6.34. The summed E-state index contributed by atoms with van der Waals surface area (Å²) in [5.74, 6) is -1.71. The van der Waals surface area contributed by atoms with E-state index in [0.29, 0.717) is 0 Å². The highest BCUT2D eigenvalue weighted by Crippen LogP contribution is 2.22. The van der Waals surface area contributed by atoms with Gasteiger partial charge in [0.15, 0.2) is 0 Å². The van der Waals surface area contributed by atoms with Gasteiger partial charge in [0.25, 0.3) is 5.91 Å². The second kappa shape index (κ2) is 5.18. The van der Waals surface area contributed by atoms with Gasteiger partial charge in [-0.3, -0.25) is 4.79 Å². The lowest BCUT2D eigenvalue weighted by molar-refractivity contribution is 0.0933. The minimum atomic E-state index is -0.731. The maximum atomic E-state index is 13.5. The maximum Gasteiger partial charge on any atom is 0.258 e. The van der Waals surface area contributed by atoms with E-state index in [9.17, 15) is 14.3 Å². The highest BCUT2D eigenvalue weighted by molar-refractivity contribution is 7.07. The number of benzene rings is 1. The van der Waals surface area contributed by atoms with Gasteiger partial charge < -0.3 is 10.4 Å². The Labute approximate surface area is 108 Å². The lowest BCUT2D eigenvalue weighted by atomic mass is 10.1. The highest BCUT2D eigenvalue weighted by Gasteiger charge is 2.18. The average Bonchev–Trinajstić information content (AvgIpc) is 2.81. The third-order valence-corrected chi connectivity index (χ3v) is 3.31. The first kappa shape index (κ1) is 12.6. The number of thiophene rings is 1. The molecule has 5 heteroatoms. The van der Waals surface area contributed by atoms with E-state index in [1.54, 1.807) is 6.92 Å². The largest absolute Gasteiger partial charge is 0.507 e. The topological polar surface area (TPSA) is 49.3 Å². The van der Waals surface area contributed by atoms with Crippen molar-refractivity contribution >= 4 is 17.2 Å². The van der Waals surface area contributed by atoms with E-state index in [0.717, 1.165) is 11.6 Å². The zero-order valence-electron chi connectivity index (χ0n) is 9.68. The van der Waals surface area contributed by atoms with E-state index in [4.69, 9.17) is 0 Å². The summed E-state index contributed by atoms with van der Waals surface area (Å²) in [4.78, 5) is 11.9. The Hall–Kier alpha value is -1.88. The normalized spacial score (nSPS) is 12.1. The molecule has 2 rings (SSSR count). The van der Waals surface area contributed by atoms with Gasteiger partial charge in [-0.05, 0) is 41.4 Å². The van der Waals surface area contributed by atoms with E-state index in [-0.39, 0.29) is 17.4 Å². The molecular formula is C13H12FNO2S. The van der Waals surface area contributed by atoms with Crippen molar-refractivity contribution in [2.75, 3.05) is 0 Å². The molecule has 1 unspecified atom stereocenters. The predicted molar refractivity (Wildman–Crippen MR) is 68.3 cm³/mol. The Morgan fingerprint density at radius 2 is 2.22 bits per heavy atom. The van der Waals surface area contributed by atoms with Gasteiger partial charge in [0, 0.05) is 0 Å². The lowest BCUT2D eigenvalue weighted by Crippen LogP contribution is -2.27. The summed E-state index contributed by atoms with van der Waals surface area (Å²) in [5, 5.41) is 16.0. The van der Waals surface area contributed by atoms with Gasteiger partial charge in [-0.25, -0.2) is 4.39 Å². The number of halogens is 1. The van der Waals surface area contributed by atoms with Gasteiger partial charge in [0.1, 0.15) is 17.1 Å². The van der Waals surface area contributed by atoms with Crippen LogP contribution in [0.3, 0.4) is 0 Å². The Kier molecular flexibility index (Phi) is 3.62. The zero-order chi connectivity index (χ0) is 13.1. The van der Waals surface area contributed by atoms with Crippen molar-refractivity contribution in [3.05, 3.63) is 52.0 Å². The number of carbonyl (C=O) groups is 1. The van der Waals surface area contributed by atoms with Crippen LogP contribution in [0.2, 0.25) is 0 Å². The summed E-state index contributed by atoms with van der Waals surface area (Å²) in [6.45, 7) is 1.80. The first-order chi connectivity index (χ1) is 8.59. The number of carbonyl (C=O) groups excluding carboxylic acids is 1. The summed E-state index contributed by atoms with van der Waals surface area (Å²) in [5.41, 5.74) is 0.628. The second-order valence-corrected chi connectivity index (χ2v) is 4.67. The lowest BCUT2D eigenvalue weighted by Gasteiger charge is -2.13. The SMILES string of the molecule is CC(NC(=O)c1c(O)cccc1F)c1ccsc1. The van der Waals surface area contributed by atoms with Crippen LogP contribution in [-0.4, -0.2) is 11.0 Å². The molecule has 18 heavy (non-hydrogen) atoms. The second-order valence-electron chi connectivity index (χ2n) is 3.89. The molecule has 0 bridgehead atoms. The summed E-state index contributed by atoms with van der Waals surface area (Å²) < 4.78 is 13.5. The number of phenols is 1. The van der Waals surface area contributed by atoms with Crippen molar-refractivity contribution in [3.63, 3.8) is 0 Å². The number of rotatable bonds is 3. The fourth-order valence-electron chi connectivity index (χ4n) is 1.61. The fourth-order valence-corrected chi connectivity index (χ4v) is 2.37. The molecule has 2 N–H and O–H groups in total. The van der Waals surface area contributed by atoms with Gasteiger partial charge in [0.2, 0.25) is 0 Å². The molecule has 0 aliphatic heterocycles. The van der Waals surface area contributed by atoms with E-state index < -0.39 is 11.7 Å². The van der Waals surface area contributed by atoms with Crippen molar-refractivity contribution < 1.29 is 14.3 Å². The Balaban J connectivity index is 2.18. The quantitative estimate of drug-likeness (QED) is 0.896. The third-order valence-electron chi connectivity index (χ3n) is 2.61. The van der Waals surface area contributed by atoms with Crippen molar-refractivity contribution in [2.45, 2.75) is 13.0 Å². The molecule has 94 valence electrons. The molecular weight excluding hydrogens is 253 g/mol. The van der Waals surface area contributed by atoms with Crippen LogP contribution in [0.25, 0.3) is 0 Å². The molecule has 1 atom stereocenters. The Morgan fingerprint density at radius 3 is 2.83 bits per heavy atom. The van der Waals surface area contributed by atoms with Gasteiger partial charge in [-0.15, -0.1) is 0 Å². The molecule has 0 saturated heterocycles. The highest BCUT2D eigenvalue weighted by atomic mass is 32.1. The van der Waals surface area contributed by atoms with Gasteiger partial charge in [0.05, 0.1) is 6.04 Å². The van der Waals surface area contributed by atoms with Gasteiger partial charge in [-0.2, -0.15) is 11.3 Å². The number of hydrogen-bond acceptors (Lipinski definition) is 3. The Morgan fingerprint density at radius 1 is 1.44 bits per heavy atom. The van der Waals surface area contributed by atoms with E-state index in [1.807, 2.05) is 16.8 Å². The van der Waals surface area contributed by atoms with Crippen LogP contribution in [0.15, 0.2) is 35.0 Å². The van der Waals surface area contributed by atoms with Crippen LogP contribution < -0.4 is 5.32 Å². The van der Waals surface area contributed by atoms with Crippen LogP contribution >= 0.6 is 11.3 Å². The molecule has 0 spiro atoms. The van der Waals surface area contributed by atoms with Crippen LogP contribution in [-0.2, 0) is 0 Å². The molecule has 1 amide bonds. The minimum absolute atomic E-state index is 0.234. The molecule has 1 heterocycles. The molecule has 0 aliphatic carbocycles. The van der Waals surface area contributed by atoms with Crippen LogP contribution in [0.5, 0.6) is 5.75 Å². The predicted octanol–water partition coefficient (Wildman–Crippen LogP) is 3.08. The molecule has 0 fully saturated rings. The number of phenolic OH excluding ortho intramolecular Hbond substituents is 1. The molecule has 1 aromatic carbocycles. The molecule has 3 nitrogen and oxygen atoms in total. The standard InChI is InChI=1S/C13H12FNO2S/c1-8(9-5-6-18-7-9)15-13(17)12-10(14)3-2-4-11(12)16/h2-8,16H,1H3,(H,15,17). The third kappa shape index (κ3) is 2.51. The van der Waals surface area contributed by atoms with Crippen LogP contribution in [0.1, 0.15) is 28.9 Å². The number of hydrogen-bond donors (Lipinski definition) is 2. The van der Waals surface area contributed by atoms with Crippen molar-refractivity contribution in [1.82, 2.24) is 5.32 Å². The fraction of sp³-hybridized carbons (Fsp3) is 0.154. The molecule has 0 saturated carbocycles. The average molecular weight is 265 g/mol. The zero-order valence-corrected chi connectivity index (χ0v) is 10.5. The monoisotopic (exact) mass is 265 g/mol. The summed E-state index contributed by atoms with van der Waals surface area (Å²) in [7, 11) is 0. The van der Waals surface area contributed by atoms with E-state index >= 15 is 0 Å². The first-order valence-electron chi connectivity index (χ1n) is 5.40. The summed E-state index contributed by atoms with van der Waals surface area (Å²) in [6, 6.07) is 5.43. The summed E-state index contributed by atoms with van der Waals surface area (Å²) in [6.07, 6.45) is 0. The van der Waals surface area contributed by atoms with Crippen molar-refractivity contribution in [2.24, 2.45) is 0 Å². The van der Waals surface area contributed by atoms with Crippen molar-refractivity contribution in [1.29, 1.82) is 0 Å². The van der Waals surface area contributed by atoms with Gasteiger partial charge in [-0.1, -0.05) is 6.07 Å². The number of nitrogens with one attached hydrogen (secondary N) is 1. The minimum Gasteiger partial charge on any atom is -0.507 e. The molecule has 0 radical (unpaired) electrons. The number of amides is 1. The Bertz CT molecular complexity index is 534.